The highest BCUT2D eigenvalue weighted by atomic mass is 35.5. The van der Waals surface area contributed by atoms with Gasteiger partial charge in [-0.2, -0.15) is 0 Å². The molecule has 24 heavy (non-hydrogen) atoms. The number of sulfone groups is 1. The van der Waals surface area contributed by atoms with Crippen molar-refractivity contribution < 1.29 is 13.2 Å². The third-order valence-corrected chi connectivity index (χ3v) is 5.78. The smallest absolute Gasteiger partial charge is 0.208 e. The van der Waals surface area contributed by atoms with E-state index in [0.29, 0.717) is 16.5 Å². The Balaban J connectivity index is 1.91. The lowest BCUT2D eigenvalue weighted by Gasteiger charge is -2.09. The predicted molar refractivity (Wildman–Crippen MR) is 94.9 cm³/mol. The van der Waals surface area contributed by atoms with Crippen molar-refractivity contribution in [1.29, 1.82) is 0 Å². The van der Waals surface area contributed by atoms with Gasteiger partial charge in [-0.15, -0.1) is 0 Å². The van der Waals surface area contributed by atoms with E-state index in [2.05, 4.69) is 0 Å². The second kappa shape index (κ2) is 6.85. The van der Waals surface area contributed by atoms with Gasteiger partial charge >= 0.3 is 0 Å². The lowest BCUT2D eigenvalue weighted by Crippen LogP contribution is -2.02. The second-order valence-corrected chi connectivity index (χ2v) is 7.73. The summed E-state index contributed by atoms with van der Waals surface area (Å²) in [6.45, 7) is 0. The summed E-state index contributed by atoms with van der Waals surface area (Å²) in [5.41, 5.74) is 0. The zero-order valence-electron chi connectivity index (χ0n) is 12.3. The van der Waals surface area contributed by atoms with Gasteiger partial charge in [-0.25, -0.2) is 8.42 Å². The number of halogens is 2. The molecular formula is C18H12Cl2O3S. The van der Waals surface area contributed by atoms with Crippen molar-refractivity contribution >= 4 is 33.0 Å². The van der Waals surface area contributed by atoms with Crippen LogP contribution in [0.3, 0.4) is 0 Å². The Morgan fingerprint density at radius 3 is 2.04 bits per heavy atom. The molecule has 6 heteroatoms. The Hall–Kier alpha value is -2.01. The van der Waals surface area contributed by atoms with Crippen molar-refractivity contribution in [3.8, 4) is 11.5 Å². The topological polar surface area (TPSA) is 43.4 Å². The number of para-hydroxylation sites is 1. The molecular weight excluding hydrogens is 367 g/mol. The first-order valence-corrected chi connectivity index (χ1v) is 9.24. The van der Waals surface area contributed by atoms with Crippen LogP contribution in [-0.4, -0.2) is 8.42 Å². The van der Waals surface area contributed by atoms with Crippen molar-refractivity contribution in [2.45, 2.75) is 9.79 Å². The van der Waals surface area contributed by atoms with Crippen molar-refractivity contribution in [2.75, 3.05) is 0 Å². The van der Waals surface area contributed by atoms with Gasteiger partial charge in [0.2, 0.25) is 9.84 Å². The first kappa shape index (κ1) is 16.8. The van der Waals surface area contributed by atoms with Crippen LogP contribution in [0.25, 0.3) is 0 Å². The van der Waals surface area contributed by atoms with Crippen molar-refractivity contribution in [1.82, 2.24) is 0 Å². The monoisotopic (exact) mass is 378 g/mol. The molecule has 0 bridgehead atoms. The fraction of sp³-hybridized carbons (Fsp3) is 0. The van der Waals surface area contributed by atoms with E-state index in [1.807, 2.05) is 30.3 Å². The van der Waals surface area contributed by atoms with E-state index in [1.165, 1.54) is 24.3 Å². The van der Waals surface area contributed by atoms with E-state index < -0.39 is 9.84 Å². The Bertz CT molecular complexity index is 953. The number of benzene rings is 3. The highest BCUT2D eigenvalue weighted by Crippen LogP contribution is 2.31. The van der Waals surface area contributed by atoms with Crippen LogP contribution in [0.4, 0.5) is 0 Å². The molecule has 0 fully saturated rings. The zero-order valence-corrected chi connectivity index (χ0v) is 14.6. The number of hydrogen-bond donors (Lipinski definition) is 0. The van der Waals surface area contributed by atoms with Crippen LogP contribution in [0.2, 0.25) is 10.0 Å². The molecule has 0 aromatic heterocycles. The fourth-order valence-corrected chi connectivity index (χ4v) is 4.14. The SMILES string of the molecule is O=S(=O)(c1ccc(Oc2ccccc2)cc1)c1cc(Cl)ccc1Cl. The Kier molecular flexibility index (Phi) is 4.81. The largest absolute Gasteiger partial charge is 0.457 e. The zero-order chi connectivity index (χ0) is 17.2. The van der Waals surface area contributed by atoms with Crippen LogP contribution in [0.1, 0.15) is 0 Å². The average Bonchev–Trinajstić information content (AvgIpc) is 2.58. The molecule has 0 N–H and O–H groups in total. The Labute approximate surface area is 150 Å². The summed E-state index contributed by atoms with van der Waals surface area (Å²) in [6, 6.07) is 19.7. The van der Waals surface area contributed by atoms with Gasteiger partial charge in [0.05, 0.1) is 14.8 Å². The van der Waals surface area contributed by atoms with Crippen molar-refractivity contribution in [2.24, 2.45) is 0 Å². The molecule has 3 rings (SSSR count). The van der Waals surface area contributed by atoms with Gasteiger partial charge < -0.3 is 4.74 Å². The van der Waals surface area contributed by atoms with Gasteiger partial charge in [-0.1, -0.05) is 41.4 Å². The molecule has 122 valence electrons. The van der Waals surface area contributed by atoms with Gasteiger partial charge in [0, 0.05) is 5.02 Å². The molecule has 0 spiro atoms. The molecule has 0 saturated heterocycles. The molecule has 3 nitrogen and oxygen atoms in total. The summed E-state index contributed by atoms with van der Waals surface area (Å²) in [5, 5.41) is 0.436. The molecule has 0 unspecified atom stereocenters. The Morgan fingerprint density at radius 1 is 0.750 bits per heavy atom. The maximum Gasteiger partial charge on any atom is 0.208 e. The molecule has 0 atom stereocenters. The summed E-state index contributed by atoms with van der Waals surface area (Å²) >= 11 is 11.9. The molecule has 0 radical (unpaired) electrons. The number of rotatable bonds is 4. The minimum absolute atomic E-state index is 0.0200. The van der Waals surface area contributed by atoms with Crippen molar-refractivity contribution in [3.05, 3.63) is 82.8 Å². The van der Waals surface area contributed by atoms with E-state index in [-0.39, 0.29) is 14.8 Å². The summed E-state index contributed by atoms with van der Waals surface area (Å²) in [7, 11) is -3.75. The molecule has 0 aliphatic rings. The van der Waals surface area contributed by atoms with Crippen LogP contribution in [-0.2, 0) is 9.84 Å². The number of ether oxygens (including phenoxy) is 1. The maximum atomic E-state index is 12.7. The summed E-state index contributed by atoms with van der Waals surface area (Å²) in [5.74, 6) is 1.21. The highest BCUT2D eigenvalue weighted by Gasteiger charge is 2.21. The lowest BCUT2D eigenvalue weighted by molar-refractivity contribution is 0.482. The molecule has 0 amide bonds. The third-order valence-electron chi connectivity index (χ3n) is 3.30. The molecule has 0 heterocycles. The van der Waals surface area contributed by atoms with Gasteiger partial charge in [0.15, 0.2) is 0 Å². The minimum atomic E-state index is -3.75. The fourth-order valence-electron chi connectivity index (χ4n) is 2.12. The van der Waals surface area contributed by atoms with Gasteiger partial charge in [-0.3, -0.25) is 0 Å². The van der Waals surface area contributed by atoms with Crippen molar-refractivity contribution in [3.63, 3.8) is 0 Å². The quantitative estimate of drug-likeness (QED) is 0.591. The lowest BCUT2D eigenvalue weighted by atomic mass is 10.3. The minimum Gasteiger partial charge on any atom is -0.457 e. The van der Waals surface area contributed by atoms with E-state index in [9.17, 15) is 8.42 Å². The van der Waals surface area contributed by atoms with Gasteiger partial charge in [0.1, 0.15) is 11.5 Å². The Morgan fingerprint density at radius 2 is 1.38 bits per heavy atom. The van der Waals surface area contributed by atoms with Crippen LogP contribution in [0.5, 0.6) is 11.5 Å². The van der Waals surface area contributed by atoms with E-state index in [4.69, 9.17) is 27.9 Å². The molecule has 3 aromatic rings. The van der Waals surface area contributed by atoms with Gasteiger partial charge in [-0.05, 0) is 54.6 Å². The summed E-state index contributed by atoms with van der Waals surface area (Å²) < 4.78 is 31.0. The van der Waals surface area contributed by atoms with E-state index in [0.717, 1.165) is 0 Å². The summed E-state index contributed by atoms with van der Waals surface area (Å²) in [6.07, 6.45) is 0. The average molecular weight is 379 g/mol. The first-order chi connectivity index (χ1) is 11.5. The maximum absolute atomic E-state index is 12.7. The normalized spacial score (nSPS) is 11.2. The molecule has 3 aromatic carbocycles. The van der Waals surface area contributed by atoms with E-state index in [1.54, 1.807) is 18.2 Å². The molecule has 0 saturated carbocycles. The van der Waals surface area contributed by atoms with Crippen LogP contribution < -0.4 is 4.74 Å². The molecule has 0 aliphatic carbocycles. The van der Waals surface area contributed by atoms with Crippen LogP contribution in [0, 0.1) is 0 Å². The third kappa shape index (κ3) is 3.56. The highest BCUT2D eigenvalue weighted by molar-refractivity contribution is 7.91. The van der Waals surface area contributed by atoms with Crippen LogP contribution >= 0.6 is 23.2 Å². The van der Waals surface area contributed by atoms with Crippen LogP contribution in [0.15, 0.2) is 82.6 Å². The first-order valence-electron chi connectivity index (χ1n) is 7.00. The summed E-state index contributed by atoms with van der Waals surface area (Å²) in [4.78, 5) is 0.0977. The molecule has 0 aliphatic heterocycles. The standard InChI is InChI=1S/C18H12Cl2O3S/c19-13-6-11-17(20)18(12-13)24(21,22)16-9-7-15(8-10-16)23-14-4-2-1-3-5-14/h1-12H. The van der Waals surface area contributed by atoms with E-state index >= 15 is 0 Å². The second-order valence-electron chi connectivity index (χ2n) is 4.96. The van der Waals surface area contributed by atoms with Gasteiger partial charge in [0.25, 0.3) is 0 Å². The predicted octanol–water partition coefficient (Wildman–Crippen LogP) is 5.62. The number of hydrogen-bond acceptors (Lipinski definition) is 3.